The normalized spacial score (nSPS) is 10.6. The predicted molar refractivity (Wildman–Crippen MR) is 74.8 cm³/mol. The van der Waals surface area contributed by atoms with Crippen molar-refractivity contribution in [2.75, 3.05) is 5.75 Å². The fraction of sp³-hybridized carbons (Fsp3) is 0.182. The number of halogens is 2. The van der Waals surface area contributed by atoms with E-state index in [-0.39, 0.29) is 0 Å². The first-order valence-corrected chi connectivity index (χ1v) is 7.39. The highest BCUT2D eigenvalue weighted by Crippen LogP contribution is 2.20. The monoisotopic (exact) mass is 360 g/mol. The van der Waals surface area contributed by atoms with E-state index in [1.807, 2.05) is 28.6 Å². The summed E-state index contributed by atoms with van der Waals surface area (Å²) in [5.74, 6) is 1.01. The molecular weight excluding hydrogens is 352 g/mol. The molecule has 1 aromatic carbocycles. The summed E-state index contributed by atoms with van der Waals surface area (Å²) in [5.41, 5.74) is 0. The van der Waals surface area contributed by atoms with Gasteiger partial charge in [-0.05, 0) is 44.0 Å². The lowest BCUT2D eigenvalue weighted by Gasteiger charge is -2.03. The first-order valence-electron chi connectivity index (χ1n) is 4.82. The minimum absolute atomic E-state index is 0.865. The minimum atomic E-state index is 0.865. The molecule has 0 amide bonds. The van der Waals surface area contributed by atoms with Gasteiger partial charge in [-0.3, -0.25) is 4.68 Å². The van der Waals surface area contributed by atoms with E-state index in [1.165, 1.54) is 4.90 Å². The molecule has 0 unspecified atom stereocenters. The van der Waals surface area contributed by atoms with E-state index in [4.69, 9.17) is 0 Å². The summed E-state index contributed by atoms with van der Waals surface area (Å²) >= 11 is 8.65. The van der Waals surface area contributed by atoms with Crippen molar-refractivity contribution in [3.05, 3.63) is 45.6 Å². The zero-order valence-electron chi connectivity index (χ0n) is 8.44. The summed E-state index contributed by atoms with van der Waals surface area (Å²) in [6.45, 7) is 0.895. The summed E-state index contributed by atoms with van der Waals surface area (Å²) in [5, 5.41) is 4.31. The molecule has 16 heavy (non-hydrogen) atoms. The van der Waals surface area contributed by atoms with E-state index < -0.39 is 0 Å². The van der Waals surface area contributed by atoms with Crippen molar-refractivity contribution in [3.63, 3.8) is 0 Å². The minimum Gasteiger partial charge on any atom is -0.257 e. The molecule has 2 aromatic rings. The molecule has 0 N–H and O–H groups in total. The zero-order chi connectivity index (χ0) is 11.4. The van der Waals surface area contributed by atoms with Crippen LogP contribution in [0, 0.1) is 0 Å². The first-order chi connectivity index (χ1) is 7.75. The van der Waals surface area contributed by atoms with Crippen molar-refractivity contribution in [1.29, 1.82) is 0 Å². The van der Waals surface area contributed by atoms with E-state index in [9.17, 15) is 0 Å². The lowest BCUT2D eigenvalue weighted by molar-refractivity contribution is 0.648. The Morgan fingerprint density at radius 2 is 1.94 bits per heavy atom. The van der Waals surface area contributed by atoms with E-state index >= 15 is 0 Å². The molecule has 84 valence electrons. The second-order valence-electron chi connectivity index (χ2n) is 3.17. The molecule has 0 aliphatic carbocycles. The Bertz CT molecular complexity index is 456. The van der Waals surface area contributed by atoms with Crippen LogP contribution in [0.5, 0.6) is 0 Å². The number of aryl methyl sites for hydroxylation is 1. The van der Waals surface area contributed by atoms with Crippen LogP contribution in [0.15, 0.2) is 50.5 Å². The second kappa shape index (κ2) is 5.89. The molecule has 0 aliphatic rings. The molecule has 0 atom stereocenters. The molecule has 0 aliphatic heterocycles. The van der Waals surface area contributed by atoms with Crippen LogP contribution in [0.2, 0.25) is 0 Å². The van der Waals surface area contributed by atoms with Gasteiger partial charge in [0.25, 0.3) is 0 Å². The highest BCUT2D eigenvalue weighted by Gasteiger charge is 2.02. The number of thioether (sulfide) groups is 1. The van der Waals surface area contributed by atoms with Crippen LogP contribution in [0.1, 0.15) is 0 Å². The quantitative estimate of drug-likeness (QED) is 0.759. The maximum absolute atomic E-state index is 4.31. The standard InChI is InChI=1S/C11H10Br2N2S/c12-10-8-11(13)15(14-10)6-7-16-9-4-2-1-3-5-9/h1-5,8H,6-7H2. The van der Waals surface area contributed by atoms with Gasteiger partial charge in [0.2, 0.25) is 0 Å². The van der Waals surface area contributed by atoms with Gasteiger partial charge in [-0.2, -0.15) is 5.10 Å². The van der Waals surface area contributed by atoms with Gasteiger partial charge in [0.15, 0.2) is 0 Å². The van der Waals surface area contributed by atoms with E-state index in [0.29, 0.717) is 0 Å². The van der Waals surface area contributed by atoms with Gasteiger partial charge in [-0.15, -0.1) is 11.8 Å². The van der Waals surface area contributed by atoms with Gasteiger partial charge < -0.3 is 0 Å². The van der Waals surface area contributed by atoms with Gasteiger partial charge in [-0.1, -0.05) is 18.2 Å². The molecule has 1 aromatic heterocycles. The average molecular weight is 362 g/mol. The molecule has 2 nitrogen and oxygen atoms in total. The number of rotatable bonds is 4. The van der Waals surface area contributed by atoms with Gasteiger partial charge in [0, 0.05) is 16.7 Å². The maximum atomic E-state index is 4.31. The summed E-state index contributed by atoms with van der Waals surface area (Å²) in [6, 6.07) is 12.3. The SMILES string of the molecule is Brc1cc(Br)n(CCSc2ccccc2)n1. The van der Waals surface area contributed by atoms with Crippen molar-refractivity contribution >= 4 is 43.6 Å². The highest BCUT2D eigenvalue weighted by atomic mass is 79.9. The van der Waals surface area contributed by atoms with Crippen molar-refractivity contribution in [2.45, 2.75) is 11.4 Å². The molecule has 0 spiro atoms. The largest absolute Gasteiger partial charge is 0.257 e. The van der Waals surface area contributed by atoms with E-state index in [0.717, 1.165) is 21.5 Å². The van der Waals surface area contributed by atoms with Crippen LogP contribution < -0.4 is 0 Å². The van der Waals surface area contributed by atoms with Crippen LogP contribution in [0.25, 0.3) is 0 Å². The fourth-order valence-electron chi connectivity index (χ4n) is 1.29. The lowest BCUT2D eigenvalue weighted by Crippen LogP contribution is -2.02. The van der Waals surface area contributed by atoms with Crippen LogP contribution in [0.3, 0.4) is 0 Å². The Labute approximate surface area is 116 Å². The average Bonchev–Trinajstić information content (AvgIpc) is 2.59. The predicted octanol–water partition coefficient (Wildman–Crippen LogP) is 4.20. The van der Waals surface area contributed by atoms with Crippen LogP contribution in [-0.2, 0) is 6.54 Å². The van der Waals surface area contributed by atoms with Crippen LogP contribution in [-0.4, -0.2) is 15.5 Å². The maximum Gasteiger partial charge on any atom is 0.129 e. The van der Waals surface area contributed by atoms with Crippen molar-refractivity contribution in [3.8, 4) is 0 Å². The Hall–Kier alpha value is -0.260. The van der Waals surface area contributed by atoms with Gasteiger partial charge in [0.05, 0.1) is 6.54 Å². The Morgan fingerprint density at radius 3 is 2.56 bits per heavy atom. The Kier molecular flexibility index (Phi) is 4.49. The second-order valence-corrected chi connectivity index (χ2v) is 5.97. The van der Waals surface area contributed by atoms with Crippen LogP contribution in [0.4, 0.5) is 0 Å². The molecule has 0 saturated heterocycles. The topological polar surface area (TPSA) is 17.8 Å². The fourth-order valence-corrected chi connectivity index (χ4v) is 3.33. The third kappa shape index (κ3) is 3.37. The number of hydrogen-bond donors (Lipinski definition) is 0. The molecule has 5 heteroatoms. The van der Waals surface area contributed by atoms with Crippen molar-refractivity contribution < 1.29 is 0 Å². The van der Waals surface area contributed by atoms with Crippen LogP contribution >= 0.6 is 43.6 Å². The molecule has 1 heterocycles. The first kappa shape index (κ1) is 12.2. The summed E-state index contributed by atoms with van der Waals surface area (Å²) < 4.78 is 3.82. The van der Waals surface area contributed by atoms with Crippen molar-refractivity contribution in [2.24, 2.45) is 0 Å². The number of benzene rings is 1. The Morgan fingerprint density at radius 1 is 1.19 bits per heavy atom. The highest BCUT2D eigenvalue weighted by molar-refractivity contribution is 9.11. The Balaban J connectivity index is 1.87. The third-order valence-corrected chi connectivity index (χ3v) is 4.03. The van der Waals surface area contributed by atoms with E-state index in [1.54, 1.807) is 0 Å². The van der Waals surface area contributed by atoms with Gasteiger partial charge in [0.1, 0.15) is 9.21 Å². The van der Waals surface area contributed by atoms with Gasteiger partial charge in [-0.25, -0.2) is 0 Å². The molecule has 2 rings (SSSR count). The molecular formula is C11H10Br2N2S. The molecule has 0 bridgehead atoms. The van der Waals surface area contributed by atoms with Crippen molar-refractivity contribution in [1.82, 2.24) is 9.78 Å². The summed E-state index contributed by atoms with van der Waals surface area (Å²) in [7, 11) is 0. The number of aromatic nitrogens is 2. The zero-order valence-corrected chi connectivity index (χ0v) is 12.4. The molecule has 0 radical (unpaired) electrons. The summed E-state index contributed by atoms with van der Waals surface area (Å²) in [4.78, 5) is 1.30. The number of nitrogens with zero attached hydrogens (tertiary/aromatic N) is 2. The summed E-state index contributed by atoms with van der Waals surface area (Å²) in [6.07, 6.45) is 0. The lowest BCUT2D eigenvalue weighted by atomic mass is 10.4. The third-order valence-electron chi connectivity index (χ3n) is 2.02. The molecule has 0 fully saturated rings. The van der Waals surface area contributed by atoms with Gasteiger partial charge >= 0.3 is 0 Å². The molecule has 0 saturated carbocycles. The van der Waals surface area contributed by atoms with E-state index in [2.05, 4.69) is 61.2 Å². The smallest absolute Gasteiger partial charge is 0.129 e. The number of hydrogen-bond acceptors (Lipinski definition) is 2.